The maximum absolute atomic E-state index is 13.3. The third-order valence-electron chi connectivity index (χ3n) is 7.91. The standard InChI is InChI=1S/C24H36N4O2/c1-25-9-4-10-26(12-11-25)16-20-7-8-22-21-13-18(15-28(22)24(20)30)14-27(17-21)23(29)19-5-2-3-6-19/h7-8,18-19,21H,2-6,9-17H2,1H3/t18-,21+/m0/s1. The minimum atomic E-state index is 0.204. The van der Waals surface area contributed by atoms with Crippen molar-refractivity contribution in [1.82, 2.24) is 19.3 Å². The largest absolute Gasteiger partial charge is 0.341 e. The number of pyridine rings is 1. The van der Waals surface area contributed by atoms with Crippen molar-refractivity contribution in [1.29, 1.82) is 0 Å². The first-order chi connectivity index (χ1) is 14.6. The molecule has 0 radical (unpaired) electrons. The van der Waals surface area contributed by atoms with E-state index in [9.17, 15) is 9.59 Å². The number of carbonyl (C=O) groups is 1. The molecule has 4 aliphatic rings. The fourth-order valence-electron chi connectivity index (χ4n) is 6.22. The van der Waals surface area contributed by atoms with E-state index in [0.717, 1.165) is 89.3 Å². The van der Waals surface area contributed by atoms with Crippen LogP contribution in [0.3, 0.4) is 0 Å². The first-order valence-corrected chi connectivity index (χ1v) is 12.0. The SMILES string of the molecule is CN1CCCN(Cc2ccc3n(c2=O)C[C@H]2C[C@@H]3CN(C(=O)C3CCCC3)C2)CC1. The zero-order chi connectivity index (χ0) is 20.7. The van der Waals surface area contributed by atoms with E-state index < -0.39 is 0 Å². The Kier molecular flexibility index (Phi) is 5.71. The van der Waals surface area contributed by atoms with Crippen LogP contribution in [0.25, 0.3) is 0 Å². The van der Waals surface area contributed by atoms with Gasteiger partial charge in [0.2, 0.25) is 5.91 Å². The normalized spacial score (nSPS) is 28.4. The molecule has 1 aromatic rings. The van der Waals surface area contributed by atoms with Crippen LogP contribution in [-0.4, -0.2) is 71.5 Å². The Morgan fingerprint density at radius 3 is 2.67 bits per heavy atom. The van der Waals surface area contributed by atoms with Gasteiger partial charge in [-0.2, -0.15) is 0 Å². The number of likely N-dealkylation sites (N-methyl/N-ethyl adjacent to an activating group) is 1. The molecule has 30 heavy (non-hydrogen) atoms. The summed E-state index contributed by atoms with van der Waals surface area (Å²) in [5, 5.41) is 0. The Morgan fingerprint density at radius 2 is 1.83 bits per heavy atom. The molecule has 6 heteroatoms. The first-order valence-electron chi connectivity index (χ1n) is 12.0. The molecular formula is C24H36N4O2. The van der Waals surface area contributed by atoms with Gasteiger partial charge in [0.05, 0.1) is 0 Å². The van der Waals surface area contributed by atoms with Crippen LogP contribution >= 0.6 is 0 Å². The number of carbonyl (C=O) groups excluding carboxylic acids is 1. The third-order valence-corrected chi connectivity index (χ3v) is 7.91. The first kappa shape index (κ1) is 20.3. The lowest BCUT2D eigenvalue weighted by molar-refractivity contribution is -0.138. The van der Waals surface area contributed by atoms with Gasteiger partial charge in [0.1, 0.15) is 0 Å². The van der Waals surface area contributed by atoms with E-state index in [2.05, 4.69) is 38.4 Å². The summed E-state index contributed by atoms with van der Waals surface area (Å²) in [6.07, 6.45) is 6.81. The van der Waals surface area contributed by atoms with Gasteiger partial charge >= 0.3 is 0 Å². The van der Waals surface area contributed by atoms with E-state index in [0.29, 0.717) is 17.7 Å². The Bertz CT molecular complexity index is 844. The van der Waals surface area contributed by atoms with E-state index in [4.69, 9.17) is 0 Å². The Labute approximate surface area is 179 Å². The minimum absolute atomic E-state index is 0.204. The number of hydrogen-bond donors (Lipinski definition) is 0. The van der Waals surface area contributed by atoms with Gasteiger partial charge in [0.15, 0.2) is 0 Å². The second-order valence-corrected chi connectivity index (χ2v) is 10.2. The van der Waals surface area contributed by atoms with Gasteiger partial charge in [0.25, 0.3) is 5.56 Å². The predicted octanol–water partition coefficient (Wildman–Crippen LogP) is 2.12. The number of piperidine rings is 1. The van der Waals surface area contributed by atoms with Crippen LogP contribution in [-0.2, 0) is 17.9 Å². The van der Waals surface area contributed by atoms with Gasteiger partial charge in [0, 0.05) is 62.4 Å². The molecule has 1 saturated carbocycles. The average Bonchev–Trinajstić information content (AvgIpc) is 3.20. The quantitative estimate of drug-likeness (QED) is 0.763. The molecule has 0 N–H and O–H groups in total. The Hall–Kier alpha value is -1.66. The highest BCUT2D eigenvalue weighted by atomic mass is 16.2. The number of fused-ring (bicyclic) bond motifs is 4. The zero-order valence-electron chi connectivity index (χ0n) is 18.4. The molecule has 3 fully saturated rings. The highest BCUT2D eigenvalue weighted by molar-refractivity contribution is 5.79. The summed E-state index contributed by atoms with van der Waals surface area (Å²) < 4.78 is 2.05. The molecule has 1 aliphatic carbocycles. The van der Waals surface area contributed by atoms with Crippen LogP contribution in [0, 0.1) is 11.8 Å². The van der Waals surface area contributed by atoms with E-state index in [-0.39, 0.29) is 11.5 Å². The maximum atomic E-state index is 13.3. The van der Waals surface area contributed by atoms with Crippen LogP contribution in [0.5, 0.6) is 0 Å². The zero-order valence-corrected chi connectivity index (χ0v) is 18.4. The van der Waals surface area contributed by atoms with Crippen LogP contribution < -0.4 is 5.56 Å². The molecule has 0 unspecified atom stereocenters. The number of aromatic nitrogens is 1. The van der Waals surface area contributed by atoms with Gasteiger partial charge < -0.3 is 14.4 Å². The van der Waals surface area contributed by atoms with E-state index in [1.54, 1.807) is 0 Å². The number of likely N-dealkylation sites (tertiary alicyclic amines) is 1. The van der Waals surface area contributed by atoms with Gasteiger partial charge in [-0.05, 0) is 57.8 Å². The van der Waals surface area contributed by atoms with Gasteiger partial charge in [-0.3, -0.25) is 14.5 Å². The molecule has 1 aromatic heterocycles. The summed E-state index contributed by atoms with van der Waals surface area (Å²) in [5.41, 5.74) is 2.29. The molecule has 2 saturated heterocycles. The van der Waals surface area contributed by atoms with Gasteiger partial charge in [-0.25, -0.2) is 0 Å². The van der Waals surface area contributed by atoms with E-state index in [1.807, 2.05) is 0 Å². The highest BCUT2D eigenvalue weighted by Crippen LogP contribution is 2.37. The lowest BCUT2D eigenvalue weighted by atomic mass is 9.82. The Balaban J connectivity index is 1.32. The molecular weight excluding hydrogens is 376 g/mol. The molecule has 3 aliphatic heterocycles. The van der Waals surface area contributed by atoms with Crippen molar-refractivity contribution in [3.05, 3.63) is 33.7 Å². The van der Waals surface area contributed by atoms with Crippen molar-refractivity contribution in [2.24, 2.45) is 11.8 Å². The molecule has 6 nitrogen and oxygen atoms in total. The Morgan fingerprint density at radius 1 is 1.00 bits per heavy atom. The molecule has 0 aromatic carbocycles. The fraction of sp³-hybridized carbons (Fsp3) is 0.750. The molecule has 4 heterocycles. The third kappa shape index (κ3) is 3.96. The van der Waals surface area contributed by atoms with E-state index >= 15 is 0 Å². The summed E-state index contributed by atoms with van der Waals surface area (Å²) in [6.45, 7) is 7.46. The van der Waals surface area contributed by atoms with Gasteiger partial charge in [-0.1, -0.05) is 18.9 Å². The van der Waals surface area contributed by atoms with Crippen molar-refractivity contribution in [3.63, 3.8) is 0 Å². The topological polar surface area (TPSA) is 48.8 Å². The molecule has 2 bridgehead atoms. The summed E-state index contributed by atoms with van der Waals surface area (Å²) in [7, 11) is 2.18. The molecule has 164 valence electrons. The van der Waals surface area contributed by atoms with Crippen molar-refractivity contribution in [2.75, 3.05) is 46.3 Å². The second-order valence-electron chi connectivity index (χ2n) is 10.2. The summed E-state index contributed by atoms with van der Waals surface area (Å²) >= 11 is 0. The minimum Gasteiger partial charge on any atom is -0.341 e. The number of rotatable bonds is 3. The molecule has 0 spiro atoms. The monoisotopic (exact) mass is 412 g/mol. The summed E-state index contributed by atoms with van der Waals surface area (Å²) in [6, 6.07) is 4.26. The van der Waals surface area contributed by atoms with E-state index in [1.165, 1.54) is 12.8 Å². The molecule has 2 atom stereocenters. The van der Waals surface area contributed by atoms with Crippen molar-refractivity contribution >= 4 is 5.91 Å². The van der Waals surface area contributed by atoms with Crippen LogP contribution in [0.2, 0.25) is 0 Å². The fourth-order valence-corrected chi connectivity index (χ4v) is 6.22. The second kappa shape index (κ2) is 8.46. The molecule has 1 amide bonds. The maximum Gasteiger partial charge on any atom is 0.255 e. The van der Waals surface area contributed by atoms with Crippen molar-refractivity contribution in [2.45, 2.75) is 57.5 Å². The highest BCUT2D eigenvalue weighted by Gasteiger charge is 2.38. The van der Waals surface area contributed by atoms with Crippen LogP contribution in [0.4, 0.5) is 0 Å². The smallest absolute Gasteiger partial charge is 0.255 e. The van der Waals surface area contributed by atoms with Crippen LogP contribution in [0.15, 0.2) is 16.9 Å². The van der Waals surface area contributed by atoms with Crippen LogP contribution in [0.1, 0.15) is 55.7 Å². The summed E-state index contributed by atoms with van der Waals surface area (Å²) in [4.78, 5) is 33.3. The van der Waals surface area contributed by atoms with Gasteiger partial charge in [-0.15, -0.1) is 0 Å². The predicted molar refractivity (Wildman–Crippen MR) is 117 cm³/mol. The lowest BCUT2D eigenvalue weighted by Crippen LogP contribution is -2.50. The number of nitrogens with zero attached hydrogens (tertiary/aromatic N) is 4. The number of amides is 1. The number of hydrogen-bond acceptors (Lipinski definition) is 4. The lowest BCUT2D eigenvalue weighted by Gasteiger charge is -2.43. The van der Waals surface area contributed by atoms with Crippen molar-refractivity contribution in [3.8, 4) is 0 Å². The average molecular weight is 413 g/mol. The summed E-state index contributed by atoms with van der Waals surface area (Å²) in [5.74, 6) is 1.36. The molecule has 5 rings (SSSR count). The van der Waals surface area contributed by atoms with Crippen molar-refractivity contribution < 1.29 is 4.79 Å².